The fourth-order valence-electron chi connectivity index (χ4n) is 6.65. The largest absolute Gasteiger partial charge is 0.477 e. The number of unbranched alkanes of at least 4 members (excludes halogenated alkanes) is 21. The molecule has 0 aliphatic heterocycles. The van der Waals surface area contributed by atoms with E-state index in [2.05, 4.69) is 50.3 Å². The van der Waals surface area contributed by atoms with Crippen LogP contribution in [0, 0.1) is 0 Å². The van der Waals surface area contributed by atoms with Crippen molar-refractivity contribution in [3.8, 4) is 0 Å². The first-order valence-electron chi connectivity index (χ1n) is 23.0. The van der Waals surface area contributed by atoms with Crippen LogP contribution in [-0.2, 0) is 28.6 Å². The smallest absolute Gasteiger partial charge is 0.362 e. The van der Waals surface area contributed by atoms with Crippen molar-refractivity contribution in [1.29, 1.82) is 0 Å². The zero-order valence-electron chi connectivity index (χ0n) is 37.1. The summed E-state index contributed by atoms with van der Waals surface area (Å²) in [6, 6.07) is -0.618. The van der Waals surface area contributed by atoms with E-state index < -0.39 is 18.1 Å². The van der Waals surface area contributed by atoms with Gasteiger partial charge in [0, 0.05) is 19.3 Å². The SMILES string of the molecule is CCCCCC/C=C/CCCC(=O)OCC(COCCC(C(=O)O)[N+](C)(C)C)OC(=O)CCCCCCCCC/C=C/C/C=C/CCCCCCCCCCC. The molecule has 0 aliphatic rings. The Morgan fingerprint density at radius 2 is 0.964 bits per heavy atom. The molecular formula is C48H88NO7+. The van der Waals surface area contributed by atoms with Crippen molar-refractivity contribution in [2.45, 2.75) is 212 Å². The third kappa shape index (κ3) is 37.1. The molecule has 0 spiro atoms. The number of ether oxygens (including phenoxy) is 3. The number of carboxylic acids is 1. The summed E-state index contributed by atoms with van der Waals surface area (Å²) in [6.07, 6.45) is 45.0. The minimum atomic E-state index is -0.880. The van der Waals surface area contributed by atoms with Crippen molar-refractivity contribution < 1.29 is 38.2 Å². The molecule has 56 heavy (non-hydrogen) atoms. The fraction of sp³-hybridized carbons (Fsp3) is 0.812. The Balaban J connectivity index is 4.23. The number of aliphatic carboxylic acids is 1. The highest BCUT2D eigenvalue weighted by molar-refractivity contribution is 5.72. The van der Waals surface area contributed by atoms with E-state index >= 15 is 0 Å². The van der Waals surface area contributed by atoms with E-state index in [1.165, 1.54) is 116 Å². The summed E-state index contributed by atoms with van der Waals surface area (Å²) in [7, 11) is 5.51. The third-order valence-electron chi connectivity index (χ3n) is 10.3. The van der Waals surface area contributed by atoms with Crippen molar-refractivity contribution in [1.82, 2.24) is 0 Å². The average molecular weight is 791 g/mol. The Kier molecular flexibility index (Phi) is 37.7. The Hall–Kier alpha value is -2.45. The second kappa shape index (κ2) is 39.4. The Morgan fingerprint density at radius 1 is 0.536 bits per heavy atom. The number of rotatable bonds is 41. The first kappa shape index (κ1) is 53.6. The van der Waals surface area contributed by atoms with Crippen molar-refractivity contribution in [3.63, 3.8) is 0 Å². The van der Waals surface area contributed by atoms with Gasteiger partial charge in [0.05, 0.1) is 34.4 Å². The maximum atomic E-state index is 12.7. The van der Waals surface area contributed by atoms with Gasteiger partial charge >= 0.3 is 17.9 Å². The third-order valence-corrected chi connectivity index (χ3v) is 10.3. The molecule has 0 amide bonds. The molecule has 0 radical (unpaired) electrons. The summed E-state index contributed by atoms with van der Waals surface area (Å²) < 4.78 is 17.2. The molecule has 2 unspecified atom stereocenters. The molecule has 0 saturated carbocycles. The molecule has 0 aromatic carbocycles. The standard InChI is InChI=1S/C48H87NO7/c1-6-8-10-12-14-16-17-18-19-20-21-22-23-24-25-26-27-28-29-31-33-35-37-39-47(51)56-44(42-54-41-40-45(48(52)53)49(3,4)5)43-55-46(50)38-36-34-32-30-15-13-11-9-7-2/h21-22,24-25,30,32,44-45H,6-20,23,26-29,31,33-43H2,1-5H3/p+1/b22-21+,25-24+,32-30+. The molecule has 8 nitrogen and oxygen atoms in total. The maximum Gasteiger partial charge on any atom is 0.362 e. The number of carbonyl (C=O) groups is 3. The van der Waals surface area contributed by atoms with E-state index in [9.17, 15) is 19.5 Å². The highest BCUT2D eigenvalue weighted by Gasteiger charge is 2.31. The van der Waals surface area contributed by atoms with E-state index in [1.807, 2.05) is 21.1 Å². The second-order valence-electron chi connectivity index (χ2n) is 16.7. The van der Waals surface area contributed by atoms with Crippen LogP contribution < -0.4 is 0 Å². The fourth-order valence-corrected chi connectivity index (χ4v) is 6.65. The number of likely N-dealkylation sites (N-methyl/N-ethyl adjacent to an activating group) is 1. The lowest BCUT2D eigenvalue weighted by Crippen LogP contribution is -2.50. The summed E-state index contributed by atoms with van der Waals surface area (Å²) >= 11 is 0. The summed E-state index contributed by atoms with van der Waals surface area (Å²) in [4.78, 5) is 36.9. The van der Waals surface area contributed by atoms with E-state index in [0.29, 0.717) is 25.7 Å². The molecule has 0 heterocycles. The molecule has 0 bridgehead atoms. The number of carbonyl (C=O) groups excluding carboxylic acids is 2. The molecule has 0 rings (SSSR count). The Morgan fingerprint density at radius 3 is 1.46 bits per heavy atom. The Labute approximate surface area is 344 Å². The molecule has 0 aliphatic carbocycles. The van der Waals surface area contributed by atoms with Crippen molar-refractivity contribution in [3.05, 3.63) is 36.5 Å². The minimum absolute atomic E-state index is 0.0502. The van der Waals surface area contributed by atoms with Crippen LogP contribution >= 0.6 is 0 Å². The first-order chi connectivity index (χ1) is 27.1. The van der Waals surface area contributed by atoms with Crippen LogP contribution in [0.1, 0.15) is 200 Å². The van der Waals surface area contributed by atoms with E-state index in [1.54, 1.807) is 0 Å². The number of hydrogen-bond donors (Lipinski definition) is 1. The molecule has 0 aromatic rings. The van der Waals surface area contributed by atoms with Gasteiger partial charge in [-0.15, -0.1) is 0 Å². The summed E-state index contributed by atoms with van der Waals surface area (Å²) in [5.74, 6) is -1.52. The molecule has 0 aromatic heterocycles. The zero-order valence-corrected chi connectivity index (χ0v) is 37.1. The first-order valence-corrected chi connectivity index (χ1v) is 23.0. The maximum absolute atomic E-state index is 12.7. The van der Waals surface area contributed by atoms with Gasteiger partial charge in [-0.1, -0.05) is 153 Å². The number of quaternary nitrogens is 1. The molecule has 326 valence electrons. The molecule has 0 fully saturated rings. The monoisotopic (exact) mass is 791 g/mol. The number of hydrogen-bond acceptors (Lipinski definition) is 6. The van der Waals surface area contributed by atoms with Crippen LogP contribution in [0.25, 0.3) is 0 Å². The summed E-state index contributed by atoms with van der Waals surface area (Å²) in [6.45, 7) is 4.67. The number of esters is 2. The van der Waals surface area contributed by atoms with Crippen molar-refractivity contribution in [2.75, 3.05) is 41.0 Å². The van der Waals surface area contributed by atoms with Crippen LogP contribution in [0.4, 0.5) is 0 Å². The summed E-state index contributed by atoms with van der Waals surface area (Å²) in [5.41, 5.74) is 0. The minimum Gasteiger partial charge on any atom is -0.477 e. The van der Waals surface area contributed by atoms with Crippen LogP contribution in [0.5, 0.6) is 0 Å². The Bertz CT molecular complexity index is 1020. The van der Waals surface area contributed by atoms with Crippen molar-refractivity contribution >= 4 is 17.9 Å². The van der Waals surface area contributed by atoms with Crippen LogP contribution in [0.3, 0.4) is 0 Å². The van der Waals surface area contributed by atoms with Gasteiger partial charge in [-0.25, -0.2) is 4.79 Å². The lowest BCUT2D eigenvalue weighted by molar-refractivity contribution is -0.887. The molecule has 2 atom stereocenters. The van der Waals surface area contributed by atoms with E-state index in [4.69, 9.17) is 14.2 Å². The normalized spacial score (nSPS) is 13.2. The highest BCUT2D eigenvalue weighted by atomic mass is 16.6. The van der Waals surface area contributed by atoms with Gasteiger partial charge < -0.3 is 23.8 Å². The van der Waals surface area contributed by atoms with Crippen molar-refractivity contribution in [2.24, 2.45) is 0 Å². The summed E-state index contributed by atoms with van der Waals surface area (Å²) in [5, 5.41) is 9.61. The lowest BCUT2D eigenvalue weighted by atomic mass is 10.1. The average Bonchev–Trinajstić information content (AvgIpc) is 3.15. The van der Waals surface area contributed by atoms with Gasteiger partial charge in [-0.3, -0.25) is 9.59 Å². The molecule has 8 heteroatoms. The van der Waals surface area contributed by atoms with Gasteiger partial charge in [0.2, 0.25) is 0 Å². The quantitative estimate of drug-likeness (QED) is 0.0285. The van der Waals surface area contributed by atoms with Gasteiger partial charge in [0.15, 0.2) is 12.1 Å². The molecule has 0 saturated heterocycles. The van der Waals surface area contributed by atoms with Gasteiger partial charge in [-0.2, -0.15) is 0 Å². The van der Waals surface area contributed by atoms with Gasteiger partial charge in [-0.05, 0) is 64.2 Å². The second-order valence-corrected chi connectivity index (χ2v) is 16.7. The topological polar surface area (TPSA) is 99.1 Å². The highest BCUT2D eigenvalue weighted by Crippen LogP contribution is 2.14. The predicted molar refractivity (Wildman–Crippen MR) is 234 cm³/mol. The lowest BCUT2D eigenvalue weighted by Gasteiger charge is -2.31. The van der Waals surface area contributed by atoms with E-state index in [0.717, 1.165) is 44.9 Å². The van der Waals surface area contributed by atoms with Gasteiger partial charge in [0.1, 0.15) is 6.61 Å². The zero-order chi connectivity index (χ0) is 41.4. The number of nitrogens with zero attached hydrogens (tertiary/aromatic N) is 1. The van der Waals surface area contributed by atoms with Crippen LogP contribution in [0.15, 0.2) is 36.5 Å². The predicted octanol–water partition coefficient (Wildman–Crippen LogP) is 12.6. The van der Waals surface area contributed by atoms with Gasteiger partial charge in [0.25, 0.3) is 0 Å². The molecular weight excluding hydrogens is 703 g/mol. The molecule has 1 N–H and O–H groups in total. The number of carboxylic acid groups (broad SMARTS) is 1. The van der Waals surface area contributed by atoms with Crippen LogP contribution in [-0.4, -0.2) is 80.6 Å². The number of allylic oxidation sites excluding steroid dienone is 6. The van der Waals surface area contributed by atoms with E-state index in [-0.39, 0.29) is 36.2 Å². The van der Waals surface area contributed by atoms with Crippen LogP contribution in [0.2, 0.25) is 0 Å².